The number of H-pyrrole nitrogens is 1. The van der Waals surface area contributed by atoms with Gasteiger partial charge in [0.1, 0.15) is 12.4 Å². The first-order valence-electron chi connectivity index (χ1n) is 8.38. The van der Waals surface area contributed by atoms with Gasteiger partial charge >= 0.3 is 6.09 Å². The van der Waals surface area contributed by atoms with Crippen LogP contribution in [0.3, 0.4) is 0 Å². The number of amides is 1. The molecule has 1 amide bonds. The van der Waals surface area contributed by atoms with Crippen molar-refractivity contribution in [1.29, 1.82) is 0 Å². The fourth-order valence-corrected chi connectivity index (χ4v) is 3.08. The number of rotatable bonds is 5. The molecule has 0 saturated carbocycles. The maximum atomic E-state index is 14.1. The number of anilines is 2. The number of aromatic nitrogens is 2. The normalized spacial score (nSPS) is 13.7. The second kappa shape index (κ2) is 7.28. The van der Waals surface area contributed by atoms with Crippen LogP contribution in [-0.4, -0.2) is 29.4 Å². The van der Waals surface area contributed by atoms with Crippen molar-refractivity contribution in [3.8, 4) is 11.3 Å². The van der Waals surface area contributed by atoms with E-state index in [1.165, 1.54) is 11.0 Å². The Morgan fingerprint density at radius 1 is 1.26 bits per heavy atom. The highest BCUT2D eigenvalue weighted by Crippen LogP contribution is 2.28. The number of hydrogen-bond acceptors (Lipinski definition) is 4. The topological polar surface area (TPSA) is 70.2 Å². The third kappa shape index (κ3) is 3.59. The summed E-state index contributed by atoms with van der Waals surface area (Å²) in [4.78, 5) is 13.0. The van der Waals surface area contributed by atoms with Crippen molar-refractivity contribution in [2.75, 3.05) is 23.4 Å². The second-order valence-electron chi connectivity index (χ2n) is 6.06. The van der Waals surface area contributed by atoms with Gasteiger partial charge in [-0.3, -0.25) is 10.00 Å². The number of carbonyl (C=O) groups excluding carboxylic acids is 1. The van der Waals surface area contributed by atoms with E-state index in [4.69, 9.17) is 16.3 Å². The van der Waals surface area contributed by atoms with Gasteiger partial charge in [-0.25, -0.2) is 9.18 Å². The minimum absolute atomic E-state index is 0.201. The Balaban J connectivity index is 1.52. The van der Waals surface area contributed by atoms with Gasteiger partial charge in [-0.15, -0.1) is 0 Å². The van der Waals surface area contributed by atoms with E-state index in [-0.39, 0.29) is 12.3 Å². The summed E-state index contributed by atoms with van der Waals surface area (Å²) in [5.74, 6) is -0.468. The molecule has 1 fully saturated rings. The van der Waals surface area contributed by atoms with Crippen LogP contribution >= 0.6 is 11.6 Å². The van der Waals surface area contributed by atoms with Crippen molar-refractivity contribution < 1.29 is 13.9 Å². The Hall–Kier alpha value is -3.06. The average Bonchev–Trinajstić information content (AvgIpc) is 3.31. The van der Waals surface area contributed by atoms with Crippen molar-refractivity contribution in [1.82, 2.24) is 10.2 Å². The van der Waals surface area contributed by atoms with Crippen molar-refractivity contribution in [3.63, 3.8) is 0 Å². The number of cyclic esters (lactones) is 1. The minimum Gasteiger partial charge on any atom is -0.447 e. The molecule has 1 aliphatic heterocycles. The molecule has 2 N–H and O–H groups in total. The van der Waals surface area contributed by atoms with Gasteiger partial charge in [-0.2, -0.15) is 5.10 Å². The highest BCUT2D eigenvalue weighted by molar-refractivity contribution is 6.30. The Morgan fingerprint density at radius 2 is 2.07 bits per heavy atom. The molecule has 138 valence electrons. The van der Waals surface area contributed by atoms with Crippen molar-refractivity contribution in [3.05, 3.63) is 65.1 Å². The third-order valence-electron chi connectivity index (χ3n) is 4.33. The minimum atomic E-state index is -0.536. The summed E-state index contributed by atoms with van der Waals surface area (Å²) in [6, 6.07) is 12.0. The highest BCUT2D eigenvalue weighted by Gasteiger charge is 2.26. The summed E-state index contributed by atoms with van der Waals surface area (Å²) in [6.07, 6.45) is 1.20. The summed E-state index contributed by atoms with van der Waals surface area (Å²) < 4.78 is 19.0. The predicted molar refractivity (Wildman–Crippen MR) is 101 cm³/mol. The summed E-state index contributed by atoms with van der Waals surface area (Å²) in [5, 5.41) is 11.0. The number of nitrogens with zero attached hydrogens (tertiary/aromatic N) is 2. The van der Waals surface area contributed by atoms with E-state index in [0.29, 0.717) is 23.8 Å². The molecule has 1 saturated heterocycles. The molecular formula is C19H16ClFN4O2. The SMILES string of the molecule is O=C1OCCN1c1cc(NCc2cn[nH]c2-c2ccc(Cl)cc2)ccc1F. The molecule has 0 unspecified atom stereocenters. The standard InChI is InChI=1S/C19H16ClFN4O2/c20-14-3-1-12(2-4-14)18-13(11-23-24-18)10-22-15-5-6-16(21)17(9-15)25-7-8-27-19(25)26/h1-6,9,11,22H,7-8,10H2,(H,23,24). The van der Waals surface area contributed by atoms with Gasteiger partial charge in [-0.05, 0) is 35.9 Å². The highest BCUT2D eigenvalue weighted by atomic mass is 35.5. The average molecular weight is 387 g/mol. The monoisotopic (exact) mass is 386 g/mol. The number of ether oxygens (including phenoxy) is 1. The van der Waals surface area contributed by atoms with Gasteiger partial charge in [0.2, 0.25) is 0 Å². The Morgan fingerprint density at radius 3 is 2.81 bits per heavy atom. The van der Waals surface area contributed by atoms with Crippen LogP contribution in [0.2, 0.25) is 5.02 Å². The van der Waals surface area contributed by atoms with E-state index in [1.807, 2.05) is 24.3 Å². The van der Waals surface area contributed by atoms with E-state index in [1.54, 1.807) is 18.3 Å². The quantitative estimate of drug-likeness (QED) is 0.680. The molecule has 1 aromatic heterocycles. The van der Waals surface area contributed by atoms with E-state index in [9.17, 15) is 9.18 Å². The Bertz CT molecular complexity index is 974. The fraction of sp³-hybridized carbons (Fsp3) is 0.158. The van der Waals surface area contributed by atoms with E-state index in [0.717, 1.165) is 16.8 Å². The third-order valence-corrected chi connectivity index (χ3v) is 4.58. The molecule has 2 heterocycles. The molecule has 6 nitrogen and oxygen atoms in total. The molecule has 8 heteroatoms. The summed E-state index contributed by atoms with van der Waals surface area (Å²) in [5.41, 5.74) is 3.68. The van der Waals surface area contributed by atoms with E-state index < -0.39 is 11.9 Å². The molecular weight excluding hydrogens is 371 g/mol. The lowest BCUT2D eigenvalue weighted by molar-refractivity contribution is 0.181. The lowest BCUT2D eigenvalue weighted by atomic mass is 10.1. The molecule has 4 rings (SSSR count). The first kappa shape index (κ1) is 17.4. The summed E-state index contributed by atoms with van der Waals surface area (Å²) >= 11 is 5.94. The van der Waals surface area contributed by atoms with Crippen molar-refractivity contribution in [2.24, 2.45) is 0 Å². The number of carbonyl (C=O) groups is 1. The van der Waals surface area contributed by atoms with Crippen LogP contribution < -0.4 is 10.2 Å². The summed E-state index contributed by atoms with van der Waals surface area (Å²) in [7, 11) is 0. The Kier molecular flexibility index (Phi) is 4.68. The molecule has 0 spiro atoms. The van der Waals surface area contributed by atoms with Gasteiger partial charge in [0.15, 0.2) is 0 Å². The van der Waals surface area contributed by atoms with Gasteiger partial charge in [0.05, 0.1) is 24.1 Å². The number of halogens is 2. The number of hydrogen-bond donors (Lipinski definition) is 2. The maximum Gasteiger partial charge on any atom is 0.414 e. The van der Waals surface area contributed by atoms with E-state index in [2.05, 4.69) is 15.5 Å². The molecule has 0 bridgehead atoms. The van der Waals surface area contributed by atoms with Crippen LogP contribution in [0.25, 0.3) is 11.3 Å². The number of nitrogens with one attached hydrogen (secondary N) is 2. The zero-order chi connectivity index (χ0) is 18.8. The summed E-state index contributed by atoms with van der Waals surface area (Å²) in [6.45, 7) is 1.07. The van der Waals surface area contributed by atoms with Gasteiger partial charge in [-0.1, -0.05) is 23.7 Å². The smallest absolute Gasteiger partial charge is 0.414 e. The van der Waals surface area contributed by atoms with Gasteiger partial charge in [0, 0.05) is 22.8 Å². The molecule has 0 atom stereocenters. The molecule has 2 aromatic carbocycles. The second-order valence-corrected chi connectivity index (χ2v) is 6.50. The predicted octanol–water partition coefficient (Wildman–Crippen LogP) is 4.44. The zero-order valence-corrected chi connectivity index (χ0v) is 15.0. The zero-order valence-electron chi connectivity index (χ0n) is 14.2. The molecule has 3 aromatic rings. The maximum absolute atomic E-state index is 14.1. The Labute approximate surface area is 159 Å². The van der Waals surface area contributed by atoms with E-state index >= 15 is 0 Å². The lowest BCUT2D eigenvalue weighted by Crippen LogP contribution is -2.24. The van der Waals surface area contributed by atoms with Crippen LogP contribution in [0.5, 0.6) is 0 Å². The van der Waals surface area contributed by atoms with Crippen LogP contribution in [0, 0.1) is 5.82 Å². The fourth-order valence-electron chi connectivity index (χ4n) is 2.95. The number of benzene rings is 2. The largest absolute Gasteiger partial charge is 0.447 e. The molecule has 0 aliphatic carbocycles. The molecule has 0 radical (unpaired) electrons. The number of aromatic amines is 1. The van der Waals surface area contributed by atoms with Crippen LogP contribution in [0.15, 0.2) is 48.7 Å². The van der Waals surface area contributed by atoms with Gasteiger partial charge in [0.25, 0.3) is 0 Å². The first-order valence-corrected chi connectivity index (χ1v) is 8.75. The molecule has 1 aliphatic rings. The van der Waals surface area contributed by atoms with Crippen molar-refractivity contribution in [2.45, 2.75) is 6.54 Å². The van der Waals surface area contributed by atoms with Crippen LogP contribution in [0.4, 0.5) is 20.6 Å². The van der Waals surface area contributed by atoms with Crippen molar-refractivity contribution >= 4 is 29.1 Å². The first-order chi connectivity index (χ1) is 13.1. The van der Waals surface area contributed by atoms with Crippen LogP contribution in [0.1, 0.15) is 5.56 Å². The van der Waals surface area contributed by atoms with Crippen LogP contribution in [-0.2, 0) is 11.3 Å². The lowest BCUT2D eigenvalue weighted by Gasteiger charge is -2.15. The molecule has 27 heavy (non-hydrogen) atoms. The van der Waals surface area contributed by atoms with Gasteiger partial charge < -0.3 is 10.1 Å².